The smallest absolute Gasteiger partial charge is 0.223 e. The highest BCUT2D eigenvalue weighted by molar-refractivity contribution is 9.10. The molecule has 0 bridgehead atoms. The molecule has 0 saturated carbocycles. The summed E-state index contributed by atoms with van der Waals surface area (Å²) in [5.41, 5.74) is 0.538. The normalized spacial score (nSPS) is 10.8. The second-order valence-corrected chi connectivity index (χ2v) is 5.72. The fourth-order valence-electron chi connectivity index (χ4n) is 1.52. The average Bonchev–Trinajstić information content (AvgIpc) is 2.92. The fourth-order valence-corrected chi connectivity index (χ4v) is 2.71. The number of aromatic nitrogens is 3. The van der Waals surface area contributed by atoms with E-state index in [9.17, 15) is 4.79 Å². The van der Waals surface area contributed by atoms with Crippen molar-refractivity contribution < 1.29 is 9.53 Å². The summed E-state index contributed by atoms with van der Waals surface area (Å²) in [6.45, 7) is 2.93. The summed E-state index contributed by atoms with van der Waals surface area (Å²) < 4.78 is 7.34. The Kier molecular flexibility index (Phi) is 4.26. The molecule has 0 radical (unpaired) electrons. The van der Waals surface area contributed by atoms with E-state index in [-0.39, 0.29) is 5.78 Å². The molecule has 0 spiro atoms. The van der Waals surface area contributed by atoms with Gasteiger partial charge in [-0.1, -0.05) is 0 Å². The van der Waals surface area contributed by atoms with E-state index in [0.29, 0.717) is 28.2 Å². The van der Waals surface area contributed by atoms with Crippen molar-refractivity contribution in [2.24, 2.45) is 0 Å². The van der Waals surface area contributed by atoms with Gasteiger partial charge in [0.15, 0.2) is 0 Å². The molecule has 0 saturated heterocycles. The second kappa shape index (κ2) is 5.73. The lowest BCUT2D eigenvalue weighted by molar-refractivity contribution is 0.102. The minimum absolute atomic E-state index is 0.0684. The molecular formula is C11H12BrN3O2S. The minimum atomic E-state index is -0.0684. The lowest BCUT2D eigenvalue weighted by atomic mass is 10.2. The van der Waals surface area contributed by atoms with E-state index in [2.05, 4.69) is 26.0 Å². The fraction of sp³-hybridized carbons (Fsp3) is 0.364. The van der Waals surface area contributed by atoms with Crippen LogP contribution < -0.4 is 0 Å². The first-order valence-corrected chi connectivity index (χ1v) is 6.91. The largest absolute Gasteiger partial charge is 0.383 e. The van der Waals surface area contributed by atoms with Crippen LogP contribution >= 0.6 is 27.3 Å². The van der Waals surface area contributed by atoms with Crippen LogP contribution in [0.3, 0.4) is 0 Å². The number of aryl methyl sites for hydroxylation is 1. The van der Waals surface area contributed by atoms with E-state index in [1.807, 2.05) is 6.92 Å². The number of rotatable bonds is 5. The summed E-state index contributed by atoms with van der Waals surface area (Å²) in [5.74, 6) is -0.0684. The second-order valence-electron chi connectivity index (χ2n) is 3.63. The van der Waals surface area contributed by atoms with Crippen LogP contribution in [0.1, 0.15) is 20.4 Å². The van der Waals surface area contributed by atoms with Crippen molar-refractivity contribution in [1.82, 2.24) is 14.8 Å². The van der Waals surface area contributed by atoms with Gasteiger partial charge < -0.3 is 4.74 Å². The molecule has 0 fully saturated rings. The van der Waals surface area contributed by atoms with Gasteiger partial charge in [0.05, 0.1) is 33.7 Å². The maximum atomic E-state index is 12.4. The van der Waals surface area contributed by atoms with Crippen molar-refractivity contribution >= 4 is 33.0 Å². The molecule has 0 amide bonds. The molecule has 2 aromatic rings. The molecule has 0 aromatic carbocycles. The van der Waals surface area contributed by atoms with E-state index in [4.69, 9.17) is 4.74 Å². The number of nitrogens with zero attached hydrogens (tertiary/aromatic N) is 3. The summed E-state index contributed by atoms with van der Waals surface area (Å²) in [7, 11) is 1.62. The van der Waals surface area contributed by atoms with Crippen molar-refractivity contribution in [2.45, 2.75) is 13.5 Å². The molecule has 2 rings (SSSR count). The lowest BCUT2D eigenvalue weighted by Crippen LogP contribution is -2.14. The molecule has 0 N–H and O–H groups in total. The van der Waals surface area contributed by atoms with Gasteiger partial charge in [0, 0.05) is 13.3 Å². The number of ketones is 1. The van der Waals surface area contributed by atoms with Gasteiger partial charge >= 0.3 is 0 Å². The molecular weight excluding hydrogens is 318 g/mol. The number of carbonyl (C=O) groups is 1. The maximum absolute atomic E-state index is 12.4. The molecule has 0 aliphatic rings. The minimum Gasteiger partial charge on any atom is -0.383 e. The van der Waals surface area contributed by atoms with Crippen LogP contribution in [-0.4, -0.2) is 34.3 Å². The van der Waals surface area contributed by atoms with Gasteiger partial charge in [-0.05, 0) is 22.9 Å². The predicted octanol–water partition coefficient (Wildman–Crippen LogP) is 2.29. The Morgan fingerprint density at radius 3 is 2.94 bits per heavy atom. The van der Waals surface area contributed by atoms with Crippen LogP contribution in [-0.2, 0) is 11.3 Å². The van der Waals surface area contributed by atoms with E-state index in [1.54, 1.807) is 24.2 Å². The van der Waals surface area contributed by atoms with Crippen LogP contribution in [0.15, 0.2) is 16.9 Å². The monoisotopic (exact) mass is 329 g/mol. The zero-order valence-electron chi connectivity index (χ0n) is 10.0. The summed E-state index contributed by atoms with van der Waals surface area (Å²) in [5, 5.41) is 5.03. The van der Waals surface area contributed by atoms with Gasteiger partial charge in [-0.15, -0.1) is 11.3 Å². The molecule has 0 unspecified atom stereocenters. The molecule has 0 atom stereocenters. The summed E-state index contributed by atoms with van der Waals surface area (Å²) in [6.07, 6.45) is 3.22. The van der Waals surface area contributed by atoms with Gasteiger partial charge in [0.2, 0.25) is 5.78 Å². The Balaban J connectivity index is 2.32. The zero-order chi connectivity index (χ0) is 13.1. The Hall–Kier alpha value is -1.05. The molecule has 5 nitrogen and oxygen atoms in total. The van der Waals surface area contributed by atoms with Crippen LogP contribution in [0.4, 0.5) is 0 Å². The highest BCUT2D eigenvalue weighted by atomic mass is 79.9. The SMILES string of the molecule is COCCn1ncc(Br)c1C(=O)c1cnc(C)s1. The quantitative estimate of drug-likeness (QED) is 0.790. The first kappa shape index (κ1) is 13.4. The Labute approximate surface area is 117 Å². The van der Waals surface area contributed by atoms with Gasteiger partial charge in [-0.2, -0.15) is 5.10 Å². The third-order valence-corrected chi connectivity index (χ3v) is 3.85. The Morgan fingerprint density at radius 2 is 2.33 bits per heavy atom. The first-order chi connectivity index (χ1) is 8.63. The van der Waals surface area contributed by atoms with Crippen molar-refractivity contribution in [2.75, 3.05) is 13.7 Å². The van der Waals surface area contributed by atoms with E-state index in [0.717, 1.165) is 5.01 Å². The number of halogens is 1. The molecule has 0 aliphatic carbocycles. The molecule has 18 heavy (non-hydrogen) atoms. The molecule has 2 heterocycles. The number of carbonyl (C=O) groups excluding carboxylic acids is 1. The molecule has 96 valence electrons. The topological polar surface area (TPSA) is 57.0 Å². The van der Waals surface area contributed by atoms with Crippen molar-refractivity contribution in [3.05, 3.63) is 32.4 Å². The first-order valence-electron chi connectivity index (χ1n) is 5.31. The van der Waals surface area contributed by atoms with Crippen LogP contribution in [0.25, 0.3) is 0 Å². The number of thiazole rings is 1. The summed E-state index contributed by atoms with van der Waals surface area (Å²) in [4.78, 5) is 17.1. The van der Waals surface area contributed by atoms with E-state index >= 15 is 0 Å². The van der Waals surface area contributed by atoms with Gasteiger partial charge in [-0.25, -0.2) is 4.98 Å². The predicted molar refractivity (Wildman–Crippen MR) is 72.1 cm³/mol. The third-order valence-electron chi connectivity index (χ3n) is 2.36. The molecule has 0 aliphatic heterocycles. The average molecular weight is 330 g/mol. The van der Waals surface area contributed by atoms with Gasteiger partial charge in [0.25, 0.3) is 0 Å². The summed E-state index contributed by atoms with van der Waals surface area (Å²) >= 11 is 4.73. The Bertz CT molecular complexity index is 564. The van der Waals surface area contributed by atoms with Gasteiger partial charge in [0.1, 0.15) is 5.69 Å². The third kappa shape index (κ3) is 2.68. The maximum Gasteiger partial charge on any atom is 0.223 e. The zero-order valence-corrected chi connectivity index (χ0v) is 12.4. The van der Waals surface area contributed by atoms with E-state index in [1.165, 1.54) is 11.3 Å². The number of hydrogen-bond acceptors (Lipinski definition) is 5. The van der Waals surface area contributed by atoms with Crippen LogP contribution in [0.2, 0.25) is 0 Å². The van der Waals surface area contributed by atoms with E-state index < -0.39 is 0 Å². The Morgan fingerprint density at radius 1 is 1.56 bits per heavy atom. The molecule has 7 heteroatoms. The van der Waals surface area contributed by atoms with Gasteiger partial charge in [-0.3, -0.25) is 9.48 Å². The molecule has 2 aromatic heterocycles. The number of hydrogen-bond donors (Lipinski definition) is 0. The van der Waals surface area contributed by atoms with Crippen LogP contribution in [0, 0.1) is 6.92 Å². The standard InChI is InChI=1S/C11H12BrN3O2S/c1-7-13-6-9(18-7)11(16)10-8(12)5-14-15(10)3-4-17-2/h5-6H,3-4H2,1-2H3. The van der Waals surface area contributed by atoms with Crippen molar-refractivity contribution in [3.8, 4) is 0 Å². The lowest BCUT2D eigenvalue weighted by Gasteiger charge is -2.05. The van der Waals surface area contributed by atoms with Crippen LogP contribution in [0.5, 0.6) is 0 Å². The van der Waals surface area contributed by atoms with Crippen molar-refractivity contribution in [3.63, 3.8) is 0 Å². The number of methoxy groups -OCH3 is 1. The van der Waals surface area contributed by atoms with Crippen molar-refractivity contribution in [1.29, 1.82) is 0 Å². The highest BCUT2D eigenvalue weighted by Crippen LogP contribution is 2.22. The highest BCUT2D eigenvalue weighted by Gasteiger charge is 2.20. The summed E-state index contributed by atoms with van der Waals surface area (Å²) in [6, 6.07) is 0. The number of ether oxygens (including phenoxy) is 1.